The van der Waals surface area contributed by atoms with Crippen molar-refractivity contribution in [2.24, 2.45) is 0 Å². The second-order valence-corrected chi connectivity index (χ2v) is 7.76. The van der Waals surface area contributed by atoms with Gasteiger partial charge in [-0.25, -0.2) is 0 Å². The number of amides is 1. The highest BCUT2D eigenvalue weighted by atomic mass is 16.2. The quantitative estimate of drug-likeness (QED) is 0.568. The summed E-state index contributed by atoms with van der Waals surface area (Å²) >= 11 is 0. The lowest BCUT2D eigenvalue weighted by Gasteiger charge is -2.37. The van der Waals surface area contributed by atoms with Crippen molar-refractivity contribution in [3.05, 3.63) is 113 Å². The molecule has 0 radical (unpaired) electrons. The monoisotopic (exact) mass is 381 g/mol. The lowest BCUT2D eigenvalue weighted by molar-refractivity contribution is -0.133. The van der Waals surface area contributed by atoms with Crippen LogP contribution >= 0.6 is 0 Å². The molecule has 1 aliphatic heterocycles. The Kier molecular flexibility index (Phi) is 6.21. The molecule has 4 rings (SSSR count). The maximum Gasteiger partial charge on any atom is 0.227 e. The van der Waals surface area contributed by atoms with Gasteiger partial charge in [-0.15, -0.1) is 0 Å². The Balaban J connectivity index is 1.53. The first-order valence-electron chi connectivity index (χ1n) is 10.4. The van der Waals surface area contributed by atoms with Gasteiger partial charge in [-0.2, -0.15) is 0 Å². The van der Waals surface area contributed by atoms with Crippen LogP contribution < -0.4 is 0 Å². The normalized spacial score (nSPS) is 18.0. The zero-order valence-corrected chi connectivity index (χ0v) is 16.7. The predicted molar refractivity (Wildman–Crippen MR) is 119 cm³/mol. The number of rotatable bonds is 5. The molecule has 3 aromatic carbocycles. The van der Waals surface area contributed by atoms with Crippen molar-refractivity contribution in [1.82, 2.24) is 4.90 Å². The fraction of sp³-hybridized carbons (Fsp3) is 0.222. The van der Waals surface area contributed by atoms with E-state index in [0.717, 1.165) is 31.4 Å². The number of nitrogens with zero attached hydrogens (tertiary/aromatic N) is 1. The van der Waals surface area contributed by atoms with Crippen LogP contribution in [0.1, 0.15) is 29.5 Å². The number of carbonyl (C=O) groups excluding carboxylic acids is 1. The van der Waals surface area contributed by atoms with Crippen molar-refractivity contribution in [1.29, 1.82) is 0 Å². The van der Waals surface area contributed by atoms with E-state index in [0.29, 0.717) is 6.42 Å². The van der Waals surface area contributed by atoms with E-state index in [2.05, 4.69) is 59.5 Å². The Morgan fingerprint density at radius 1 is 0.828 bits per heavy atom. The minimum Gasteiger partial charge on any atom is -0.338 e. The fourth-order valence-electron chi connectivity index (χ4n) is 4.15. The van der Waals surface area contributed by atoms with Crippen LogP contribution in [0.2, 0.25) is 0 Å². The molecule has 1 heterocycles. The Hall–Kier alpha value is -3.13. The summed E-state index contributed by atoms with van der Waals surface area (Å²) in [6, 6.07) is 31.3. The van der Waals surface area contributed by atoms with Crippen molar-refractivity contribution >= 4 is 12.0 Å². The Bertz CT molecular complexity index is 948. The number of hydrogen-bond acceptors (Lipinski definition) is 1. The van der Waals surface area contributed by atoms with Gasteiger partial charge in [0.25, 0.3) is 0 Å². The molecule has 1 aliphatic rings. The number of benzene rings is 3. The molecule has 2 heteroatoms. The van der Waals surface area contributed by atoms with Gasteiger partial charge >= 0.3 is 0 Å². The summed E-state index contributed by atoms with van der Waals surface area (Å²) in [7, 11) is 0. The maximum absolute atomic E-state index is 13.1. The van der Waals surface area contributed by atoms with Crippen LogP contribution in [-0.2, 0) is 17.6 Å². The van der Waals surface area contributed by atoms with E-state index in [9.17, 15) is 4.79 Å². The Morgan fingerprint density at radius 2 is 1.41 bits per heavy atom. The van der Waals surface area contributed by atoms with E-state index in [4.69, 9.17) is 0 Å². The highest BCUT2D eigenvalue weighted by Crippen LogP contribution is 2.27. The first-order chi connectivity index (χ1) is 14.3. The van der Waals surface area contributed by atoms with Gasteiger partial charge in [0.2, 0.25) is 5.91 Å². The standard InChI is InChI=1S/C27H27NO/c29-27(21-24-14-8-3-9-15-24)28-17-16-25(18-22-10-4-1-5-11-22)20-26(28)19-23-12-6-2-7-13-23/h1-15,18,26H,16-17,19-21H2. The van der Waals surface area contributed by atoms with Crippen LogP contribution in [0.15, 0.2) is 96.6 Å². The van der Waals surface area contributed by atoms with Gasteiger partial charge < -0.3 is 4.90 Å². The topological polar surface area (TPSA) is 20.3 Å². The summed E-state index contributed by atoms with van der Waals surface area (Å²) in [5, 5.41) is 0. The van der Waals surface area contributed by atoms with E-state index in [1.807, 2.05) is 42.5 Å². The van der Waals surface area contributed by atoms with Gasteiger partial charge in [-0.05, 0) is 36.0 Å². The molecule has 146 valence electrons. The van der Waals surface area contributed by atoms with Crippen LogP contribution in [0.5, 0.6) is 0 Å². The largest absolute Gasteiger partial charge is 0.338 e. The molecule has 0 N–H and O–H groups in total. The Labute approximate surface area is 173 Å². The first-order valence-corrected chi connectivity index (χ1v) is 10.4. The lowest BCUT2D eigenvalue weighted by atomic mass is 9.90. The van der Waals surface area contributed by atoms with Gasteiger partial charge in [-0.3, -0.25) is 4.79 Å². The molecule has 1 unspecified atom stereocenters. The number of hydrogen-bond donors (Lipinski definition) is 0. The minimum atomic E-state index is 0.206. The molecule has 0 spiro atoms. The average molecular weight is 382 g/mol. The number of likely N-dealkylation sites (tertiary alicyclic amines) is 1. The van der Waals surface area contributed by atoms with E-state index in [1.54, 1.807) is 0 Å². The number of carbonyl (C=O) groups is 1. The van der Waals surface area contributed by atoms with Crippen LogP contribution in [0, 0.1) is 0 Å². The maximum atomic E-state index is 13.1. The Morgan fingerprint density at radius 3 is 2.07 bits per heavy atom. The molecule has 0 aliphatic carbocycles. The molecule has 1 fully saturated rings. The van der Waals surface area contributed by atoms with Crippen LogP contribution in [0.3, 0.4) is 0 Å². The fourth-order valence-corrected chi connectivity index (χ4v) is 4.15. The number of piperidine rings is 1. The van der Waals surface area contributed by atoms with Gasteiger partial charge in [-0.1, -0.05) is 103 Å². The predicted octanol–water partition coefficient (Wildman–Crippen LogP) is 5.55. The van der Waals surface area contributed by atoms with Gasteiger partial charge in [0.15, 0.2) is 0 Å². The average Bonchev–Trinajstić information content (AvgIpc) is 2.76. The van der Waals surface area contributed by atoms with Gasteiger partial charge in [0, 0.05) is 12.6 Å². The zero-order valence-electron chi connectivity index (χ0n) is 16.7. The van der Waals surface area contributed by atoms with Crippen molar-refractivity contribution in [3.8, 4) is 0 Å². The molecule has 0 saturated carbocycles. The van der Waals surface area contributed by atoms with Gasteiger partial charge in [0.1, 0.15) is 0 Å². The smallest absolute Gasteiger partial charge is 0.227 e. The third-order valence-electron chi connectivity index (χ3n) is 5.62. The lowest BCUT2D eigenvalue weighted by Crippen LogP contribution is -2.46. The summed E-state index contributed by atoms with van der Waals surface area (Å²) in [6.07, 6.45) is 5.55. The van der Waals surface area contributed by atoms with Crippen molar-refractivity contribution in [2.75, 3.05) is 6.54 Å². The first kappa shape index (κ1) is 19.2. The zero-order chi connectivity index (χ0) is 19.9. The second-order valence-electron chi connectivity index (χ2n) is 7.76. The highest BCUT2D eigenvalue weighted by Gasteiger charge is 2.28. The molecular formula is C27H27NO. The minimum absolute atomic E-state index is 0.206. The molecule has 0 aromatic heterocycles. The molecule has 1 amide bonds. The molecule has 3 aromatic rings. The molecule has 1 atom stereocenters. The van der Waals surface area contributed by atoms with Gasteiger partial charge in [0.05, 0.1) is 6.42 Å². The summed E-state index contributed by atoms with van der Waals surface area (Å²) in [5.41, 5.74) is 5.04. The van der Waals surface area contributed by atoms with Crippen LogP contribution in [0.4, 0.5) is 0 Å². The van der Waals surface area contributed by atoms with E-state index < -0.39 is 0 Å². The van der Waals surface area contributed by atoms with Crippen LogP contribution in [0.25, 0.3) is 6.08 Å². The SMILES string of the molecule is O=C(Cc1ccccc1)N1CCC(=Cc2ccccc2)CC1Cc1ccccc1. The van der Waals surface area contributed by atoms with E-state index in [1.165, 1.54) is 16.7 Å². The third kappa shape index (κ3) is 5.23. The second kappa shape index (κ2) is 9.38. The molecule has 1 saturated heterocycles. The summed E-state index contributed by atoms with van der Waals surface area (Å²) in [4.78, 5) is 15.3. The molecule has 29 heavy (non-hydrogen) atoms. The highest BCUT2D eigenvalue weighted by molar-refractivity contribution is 5.79. The van der Waals surface area contributed by atoms with Crippen molar-refractivity contribution in [3.63, 3.8) is 0 Å². The van der Waals surface area contributed by atoms with E-state index in [-0.39, 0.29) is 11.9 Å². The van der Waals surface area contributed by atoms with Crippen molar-refractivity contribution in [2.45, 2.75) is 31.7 Å². The molecular weight excluding hydrogens is 354 g/mol. The summed E-state index contributed by atoms with van der Waals surface area (Å²) < 4.78 is 0. The molecule has 0 bridgehead atoms. The van der Waals surface area contributed by atoms with Crippen molar-refractivity contribution < 1.29 is 4.79 Å². The third-order valence-corrected chi connectivity index (χ3v) is 5.62. The molecule has 2 nitrogen and oxygen atoms in total. The summed E-state index contributed by atoms with van der Waals surface area (Å²) in [6.45, 7) is 0.793. The summed E-state index contributed by atoms with van der Waals surface area (Å²) in [5.74, 6) is 0.232. The van der Waals surface area contributed by atoms with E-state index >= 15 is 0 Å². The van der Waals surface area contributed by atoms with Crippen LogP contribution in [-0.4, -0.2) is 23.4 Å².